The van der Waals surface area contributed by atoms with Gasteiger partial charge < -0.3 is 0 Å². The summed E-state index contributed by atoms with van der Waals surface area (Å²) < 4.78 is 23.3. The Hall–Kier alpha value is -0.420. The molecule has 1 aromatic heterocycles. The summed E-state index contributed by atoms with van der Waals surface area (Å²) in [5.41, 5.74) is 1.08. The van der Waals surface area contributed by atoms with E-state index in [0.717, 1.165) is 22.4 Å². The molecule has 3 atom stereocenters. The first-order chi connectivity index (χ1) is 8.64. The smallest absolute Gasteiger partial charge is 0.155 e. The van der Waals surface area contributed by atoms with Crippen LogP contribution in [0.4, 0.5) is 0 Å². The number of sulfone groups is 1. The Kier molecular flexibility index (Phi) is 2.40. The summed E-state index contributed by atoms with van der Waals surface area (Å²) in [5, 5.41) is 1.24. The largest absolute Gasteiger partial charge is 0.246 e. The van der Waals surface area contributed by atoms with Crippen LogP contribution in [-0.4, -0.2) is 19.2 Å². The quantitative estimate of drug-likeness (QED) is 0.795. The maximum atomic E-state index is 11.6. The highest BCUT2D eigenvalue weighted by atomic mass is 32.2. The molecule has 2 heterocycles. The van der Waals surface area contributed by atoms with E-state index in [1.807, 2.05) is 0 Å². The molecule has 3 nitrogen and oxygen atoms in total. The van der Waals surface area contributed by atoms with E-state index in [9.17, 15) is 8.42 Å². The predicted octanol–water partition coefficient (Wildman–Crippen LogP) is 2.52. The fourth-order valence-corrected chi connectivity index (χ4v) is 6.89. The Bertz CT molecular complexity index is 578. The lowest BCUT2D eigenvalue weighted by Crippen LogP contribution is -2.17. The zero-order valence-corrected chi connectivity index (χ0v) is 11.9. The minimum Gasteiger partial charge on any atom is -0.246 e. The number of fused-ring (bicyclic) bond motifs is 2. The van der Waals surface area contributed by atoms with Crippen LogP contribution in [0.5, 0.6) is 0 Å². The van der Waals surface area contributed by atoms with Gasteiger partial charge in [0.15, 0.2) is 9.84 Å². The summed E-state index contributed by atoms with van der Waals surface area (Å²) in [4.78, 5) is 5.78. The summed E-state index contributed by atoms with van der Waals surface area (Å²) in [5.74, 6) is 2.93. The summed E-state index contributed by atoms with van der Waals surface area (Å²) in [6, 6.07) is 0. The van der Waals surface area contributed by atoms with Crippen LogP contribution in [0.25, 0.3) is 0 Å². The van der Waals surface area contributed by atoms with E-state index in [4.69, 9.17) is 4.98 Å². The summed E-state index contributed by atoms with van der Waals surface area (Å²) in [6.07, 6.45) is 6.10. The Morgan fingerprint density at radius 2 is 1.89 bits per heavy atom. The molecule has 1 aromatic rings. The second-order valence-corrected chi connectivity index (χ2v) is 9.20. The Labute approximate surface area is 112 Å². The summed E-state index contributed by atoms with van der Waals surface area (Å²) in [7, 11) is -2.84. The van der Waals surface area contributed by atoms with Gasteiger partial charge in [-0.2, -0.15) is 0 Å². The molecule has 0 amide bonds. The van der Waals surface area contributed by atoms with Crippen molar-refractivity contribution in [1.82, 2.24) is 4.98 Å². The average molecular weight is 283 g/mol. The van der Waals surface area contributed by atoms with Crippen molar-refractivity contribution in [3.63, 3.8) is 0 Å². The first-order valence-corrected chi connectivity index (χ1v) is 9.47. The molecule has 18 heavy (non-hydrogen) atoms. The van der Waals surface area contributed by atoms with E-state index in [-0.39, 0.29) is 5.75 Å². The predicted molar refractivity (Wildman–Crippen MR) is 71.5 cm³/mol. The van der Waals surface area contributed by atoms with Gasteiger partial charge in [0.1, 0.15) is 0 Å². The van der Waals surface area contributed by atoms with E-state index in [2.05, 4.69) is 0 Å². The standard InChI is InChI=1S/C13H17NO2S2/c15-18(16)6-5-10-11(7-18)17-13(14-10)12-8-3-1-2-4-9(8)12/h8-9,12H,1-7H2/t8-,9+,12?. The molecule has 0 saturated heterocycles. The maximum absolute atomic E-state index is 11.6. The van der Waals surface area contributed by atoms with Gasteiger partial charge in [-0.15, -0.1) is 11.3 Å². The van der Waals surface area contributed by atoms with E-state index >= 15 is 0 Å². The molecule has 2 aliphatic carbocycles. The second kappa shape index (κ2) is 3.79. The molecular weight excluding hydrogens is 266 g/mol. The van der Waals surface area contributed by atoms with Gasteiger partial charge in [-0.25, -0.2) is 13.4 Å². The van der Waals surface area contributed by atoms with E-state index in [1.165, 1.54) is 30.7 Å². The third-order valence-electron chi connectivity index (χ3n) is 4.74. The highest BCUT2D eigenvalue weighted by Gasteiger charge is 2.53. The number of nitrogens with zero attached hydrogens (tertiary/aromatic N) is 1. The van der Waals surface area contributed by atoms with Gasteiger partial charge in [-0.3, -0.25) is 0 Å². The van der Waals surface area contributed by atoms with Crippen LogP contribution in [0, 0.1) is 11.8 Å². The monoisotopic (exact) mass is 283 g/mol. The zero-order chi connectivity index (χ0) is 12.3. The van der Waals surface area contributed by atoms with Crippen LogP contribution in [0.2, 0.25) is 0 Å². The van der Waals surface area contributed by atoms with Crippen molar-refractivity contribution in [2.45, 2.75) is 43.8 Å². The SMILES string of the molecule is O=S1(=O)CCc2nc(C3[C@H]4CCCC[C@@H]34)sc2C1. The molecule has 0 aromatic carbocycles. The van der Waals surface area contributed by atoms with E-state index in [1.54, 1.807) is 11.3 Å². The third-order valence-corrected chi connectivity index (χ3v) is 7.67. The first kappa shape index (κ1) is 11.4. The molecular formula is C13H17NO2S2. The molecule has 0 N–H and O–H groups in total. The number of hydrogen-bond acceptors (Lipinski definition) is 4. The maximum Gasteiger partial charge on any atom is 0.155 e. The van der Waals surface area contributed by atoms with Crippen LogP contribution in [0.3, 0.4) is 0 Å². The van der Waals surface area contributed by atoms with Gasteiger partial charge >= 0.3 is 0 Å². The topological polar surface area (TPSA) is 47.0 Å². The second-order valence-electron chi connectivity index (χ2n) is 5.90. The van der Waals surface area contributed by atoms with Crippen LogP contribution < -0.4 is 0 Å². The minimum atomic E-state index is -2.84. The van der Waals surface area contributed by atoms with Crippen molar-refractivity contribution in [3.8, 4) is 0 Å². The molecule has 3 aliphatic rings. The summed E-state index contributed by atoms with van der Waals surface area (Å²) in [6.45, 7) is 0. The molecule has 2 fully saturated rings. The van der Waals surface area contributed by atoms with E-state index < -0.39 is 9.84 Å². The fourth-order valence-electron chi connectivity index (χ4n) is 3.74. The summed E-state index contributed by atoms with van der Waals surface area (Å²) >= 11 is 1.68. The van der Waals surface area contributed by atoms with Crippen molar-refractivity contribution in [2.24, 2.45) is 11.8 Å². The van der Waals surface area contributed by atoms with Crippen LogP contribution in [0.15, 0.2) is 0 Å². The lowest BCUT2D eigenvalue weighted by molar-refractivity contribution is 0.480. The Morgan fingerprint density at radius 1 is 1.17 bits per heavy atom. The molecule has 4 rings (SSSR count). The molecule has 1 unspecified atom stereocenters. The highest BCUT2D eigenvalue weighted by Crippen LogP contribution is 2.62. The lowest BCUT2D eigenvalue weighted by Gasteiger charge is -2.09. The number of aromatic nitrogens is 1. The molecule has 0 spiro atoms. The number of rotatable bonds is 1. The third kappa shape index (κ3) is 1.74. The van der Waals surface area contributed by atoms with Crippen LogP contribution in [0.1, 0.15) is 47.2 Å². The van der Waals surface area contributed by atoms with Gasteiger partial charge in [0.25, 0.3) is 0 Å². The molecule has 0 bridgehead atoms. The van der Waals surface area contributed by atoms with Crippen molar-refractivity contribution in [3.05, 3.63) is 15.6 Å². The highest BCUT2D eigenvalue weighted by molar-refractivity contribution is 7.90. The lowest BCUT2D eigenvalue weighted by atomic mass is 10.0. The van der Waals surface area contributed by atoms with Gasteiger partial charge in [0, 0.05) is 17.2 Å². The van der Waals surface area contributed by atoms with Crippen LogP contribution >= 0.6 is 11.3 Å². The van der Waals surface area contributed by atoms with E-state index in [0.29, 0.717) is 18.1 Å². The Balaban J connectivity index is 1.63. The minimum absolute atomic E-state index is 0.238. The van der Waals surface area contributed by atoms with Gasteiger partial charge in [0.2, 0.25) is 0 Å². The Morgan fingerprint density at radius 3 is 2.61 bits per heavy atom. The molecule has 98 valence electrons. The molecule has 2 saturated carbocycles. The zero-order valence-electron chi connectivity index (χ0n) is 10.3. The van der Waals surface area contributed by atoms with Gasteiger partial charge in [-0.1, -0.05) is 12.8 Å². The van der Waals surface area contributed by atoms with Crippen molar-refractivity contribution < 1.29 is 8.42 Å². The van der Waals surface area contributed by atoms with Gasteiger partial charge in [0.05, 0.1) is 22.2 Å². The van der Waals surface area contributed by atoms with Crippen molar-refractivity contribution >= 4 is 21.2 Å². The average Bonchev–Trinajstić information content (AvgIpc) is 2.93. The number of aryl methyl sites for hydroxylation is 1. The van der Waals surface area contributed by atoms with Crippen molar-refractivity contribution in [2.75, 3.05) is 5.75 Å². The van der Waals surface area contributed by atoms with Crippen molar-refractivity contribution in [1.29, 1.82) is 0 Å². The molecule has 1 aliphatic heterocycles. The molecule has 0 radical (unpaired) electrons. The number of hydrogen-bond donors (Lipinski definition) is 0. The normalized spacial score (nSPS) is 36.8. The number of thiazole rings is 1. The first-order valence-electron chi connectivity index (χ1n) is 6.83. The van der Waals surface area contributed by atoms with Gasteiger partial charge in [-0.05, 0) is 24.7 Å². The fraction of sp³-hybridized carbons (Fsp3) is 0.769. The molecule has 5 heteroatoms. The van der Waals surface area contributed by atoms with Crippen LogP contribution in [-0.2, 0) is 22.0 Å².